The number of nitrogens with one attached hydrogen (secondary N) is 1. The highest BCUT2D eigenvalue weighted by atomic mass is 15.2. The first-order valence-corrected chi connectivity index (χ1v) is 3.18. The number of hydrazine groups is 1. The van der Waals surface area contributed by atoms with E-state index in [2.05, 4.69) is 16.3 Å². The van der Waals surface area contributed by atoms with Gasteiger partial charge >= 0.3 is 0 Å². The van der Waals surface area contributed by atoms with Crippen molar-refractivity contribution in [2.75, 3.05) is 0 Å². The Kier molecular flexibility index (Phi) is 2.26. The van der Waals surface area contributed by atoms with Gasteiger partial charge in [-0.2, -0.15) is 0 Å². The van der Waals surface area contributed by atoms with Crippen LogP contribution in [0.5, 0.6) is 0 Å². The molecule has 0 amide bonds. The van der Waals surface area contributed by atoms with Crippen LogP contribution in [0.1, 0.15) is 11.7 Å². The van der Waals surface area contributed by atoms with Crippen molar-refractivity contribution in [3.05, 3.63) is 18.2 Å². The van der Waals surface area contributed by atoms with Crippen LogP contribution >= 0.6 is 0 Å². The Hall–Kier alpha value is -1.31. The fraction of sp³-hybridized carbons (Fsp3) is 0.286. The summed E-state index contributed by atoms with van der Waals surface area (Å²) < 4.78 is 1.82. The first-order valence-electron chi connectivity index (χ1n) is 3.18. The van der Waals surface area contributed by atoms with Gasteiger partial charge in [0.1, 0.15) is 6.04 Å². The number of hydrogen-bond acceptors (Lipinski definition) is 3. The SMILES string of the molecule is C#CC(NN)c1cncn1C. The molecule has 0 radical (unpaired) electrons. The van der Waals surface area contributed by atoms with E-state index >= 15 is 0 Å². The third kappa shape index (κ3) is 1.40. The van der Waals surface area contributed by atoms with E-state index in [9.17, 15) is 0 Å². The van der Waals surface area contributed by atoms with Crippen LogP contribution in [-0.2, 0) is 7.05 Å². The smallest absolute Gasteiger partial charge is 0.123 e. The number of rotatable bonds is 2. The molecule has 0 bridgehead atoms. The van der Waals surface area contributed by atoms with Crippen LogP contribution in [0, 0.1) is 12.3 Å². The van der Waals surface area contributed by atoms with Crippen molar-refractivity contribution in [2.24, 2.45) is 12.9 Å². The zero-order valence-corrected chi connectivity index (χ0v) is 6.28. The van der Waals surface area contributed by atoms with Gasteiger partial charge in [-0.15, -0.1) is 6.42 Å². The quantitative estimate of drug-likeness (QED) is 0.341. The van der Waals surface area contributed by atoms with Gasteiger partial charge in [0.25, 0.3) is 0 Å². The minimum absolute atomic E-state index is 0.262. The largest absolute Gasteiger partial charge is 0.335 e. The summed E-state index contributed by atoms with van der Waals surface area (Å²) in [4.78, 5) is 3.91. The molecule has 3 N–H and O–H groups in total. The molecule has 1 unspecified atom stereocenters. The highest BCUT2D eigenvalue weighted by Crippen LogP contribution is 2.07. The first kappa shape index (κ1) is 7.79. The topological polar surface area (TPSA) is 55.9 Å². The van der Waals surface area contributed by atoms with Gasteiger partial charge in [-0.1, -0.05) is 5.92 Å². The van der Waals surface area contributed by atoms with Crippen molar-refractivity contribution in [1.29, 1.82) is 0 Å². The lowest BCUT2D eigenvalue weighted by Crippen LogP contribution is -2.28. The van der Waals surface area contributed by atoms with Crippen molar-refractivity contribution < 1.29 is 0 Å². The number of imidazole rings is 1. The highest BCUT2D eigenvalue weighted by molar-refractivity contribution is 5.15. The van der Waals surface area contributed by atoms with Crippen LogP contribution < -0.4 is 11.3 Å². The van der Waals surface area contributed by atoms with Gasteiger partial charge in [-0.3, -0.25) is 5.84 Å². The number of terminal acetylenes is 1. The van der Waals surface area contributed by atoms with E-state index < -0.39 is 0 Å². The summed E-state index contributed by atoms with van der Waals surface area (Å²) in [6.45, 7) is 0. The molecule has 1 aromatic heterocycles. The third-order valence-corrected chi connectivity index (χ3v) is 1.48. The predicted octanol–water partition coefficient (Wildman–Crippen LogP) is -0.442. The molecule has 4 heteroatoms. The zero-order valence-electron chi connectivity index (χ0n) is 6.28. The molecule has 11 heavy (non-hydrogen) atoms. The maximum atomic E-state index is 5.21. The van der Waals surface area contributed by atoms with Gasteiger partial charge in [-0.25, -0.2) is 10.4 Å². The molecule has 1 atom stereocenters. The molecule has 0 aliphatic rings. The van der Waals surface area contributed by atoms with Gasteiger partial charge < -0.3 is 4.57 Å². The van der Waals surface area contributed by atoms with Gasteiger partial charge in [0.2, 0.25) is 0 Å². The maximum absolute atomic E-state index is 5.21. The summed E-state index contributed by atoms with van der Waals surface area (Å²) >= 11 is 0. The normalized spacial score (nSPS) is 12.5. The molecule has 58 valence electrons. The summed E-state index contributed by atoms with van der Waals surface area (Å²) in [5.41, 5.74) is 3.38. The Bertz CT molecular complexity index is 270. The fourth-order valence-electron chi connectivity index (χ4n) is 0.864. The highest BCUT2D eigenvalue weighted by Gasteiger charge is 2.08. The summed E-state index contributed by atoms with van der Waals surface area (Å²) in [6, 6.07) is -0.262. The van der Waals surface area contributed by atoms with Crippen molar-refractivity contribution >= 4 is 0 Å². The minimum atomic E-state index is -0.262. The molecule has 0 aliphatic heterocycles. The van der Waals surface area contributed by atoms with Crippen LogP contribution in [0.2, 0.25) is 0 Å². The fourth-order valence-corrected chi connectivity index (χ4v) is 0.864. The second-order valence-electron chi connectivity index (χ2n) is 2.20. The van der Waals surface area contributed by atoms with E-state index in [1.165, 1.54) is 0 Å². The summed E-state index contributed by atoms with van der Waals surface area (Å²) in [6.07, 6.45) is 8.57. The molecule has 0 spiro atoms. The van der Waals surface area contributed by atoms with Crippen molar-refractivity contribution in [3.8, 4) is 12.3 Å². The van der Waals surface area contributed by atoms with E-state index in [1.807, 2.05) is 11.6 Å². The molecular weight excluding hydrogens is 140 g/mol. The van der Waals surface area contributed by atoms with Crippen LogP contribution in [0.25, 0.3) is 0 Å². The van der Waals surface area contributed by atoms with Gasteiger partial charge in [0, 0.05) is 7.05 Å². The second-order valence-corrected chi connectivity index (χ2v) is 2.20. The Morgan fingerprint density at radius 3 is 3.00 bits per heavy atom. The van der Waals surface area contributed by atoms with Crippen molar-refractivity contribution in [1.82, 2.24) is 15.0 Å². The summed E-state index contributed by atoms with van der Waals surface area (Å²) in [7, 11) is 1.87. The first-order chi connectivity index (χ1) is 5.29. The minimum Gasteiger partial charge on any atom is -0.335 e. The summed E-state index contributed by atoms with van der Waals surface area (Å²) in [5, 5.41) is 0. The van der Waals surface area contributed by atoms with E-state index in [4.69, 9.17) is 12.3 Å². The zero-order chi connectivity index (χ0) is 8.27. The molecule has 1 rings (SSSR count). The Labute approximate surface area is 65.4 Å². The predicted molar refractivity (Wildman–Crippen MR) is 42.1 cm³/mol. The average Bonchev–Trinajstić information content (AvgIpc) is 2.40. The van der Waals surface area contributed by atoms with Gasteiger partial charge in [-0.05, 0) is 0 Å². The number of nitrogens with two attached hydrogens (primary N) is 1. The number of hydrogen-bond donors (Lipinski definition) is 2. The van der Waals surface area contributed by atoms with E-state index in [0.29, 0.717) is 0 Å². The Morgan fingerprint density at radius 1 is 1.91 bits per heavy atom. The average molecular weight is 150 g/mol. The molecule has 0 aliphatic carbocycles. The van der Waals surface area contributed by atoms with E-state index in [1.54, 1.807) is 12.5 Å². The van der Waals surface area contributed by atoms with Crippen molar-refractivity contribution in [2.45, 2.75) is 6.04 Å². The molecule has 0 saturated heterocycles. The lowest BCUT2D eigenvalue weighted by molar-refractivity contribution is 0.629. The molecule has 1 heterocycles. The van der Waals surface area contributed by atoms with E-state index in [-0.39, 0.29) is 6.04 Å². The molecule has 0 fully saturated rings. The van der Waals surface area contributed by atoms with Crippen LogP contribution in [-0.4, -0.2) is 9.55 Å². The molecule has 1 aromatic rings. The molecule has 0 aromatic carbocycles. The molecule has 0 saturated carbocycles. The van der Waals surface area contributed by atoms with Crippen molar-refractivity contribution in [3.63, 3.8) is 0 Å². The number of aromatic nitrogens is 2. The van der Waals surface area contributed by atoms with Crippen LogP contribution in [0.15, 0.2) is 12.5 Å². The maximum Gasteiger partial charge on any atom is 0.123 e. The monoisotopic (exact) mass is 150 g/mol. The third-order valence-electron chi connectivity index (χ3n) is 1.48. The second kappa shape index (κ2) is 3.19. The lowest BCUT2D eigenvalue weighted by atomic mass is 10.2. The lowest BCUT2D eigenvalue weighted by Gasteiger charge is -2.08. The standard InChI is InChI=1S/C7H10N4/c1-3-6(10-8)7-4-9-5-11(7)2/h1,4-6,10H,8H2,2H3. The Balaban J connectivity index is 2.92. The van der Waals surface area contributed by atoms with Gasteiger partial charge in [0.15, 0.2) is 0 Å². The van der Waals surface area contributed by atoms with Gasteiger partial charge in [0.05, 0.1) is 18.2 Å². The van der Waals surface area contributed by atoms with Crippen LogP contribution in [0.3, 0.4) is 0 Å². The molecule has 4 nitrogen and oxygen atoms in total. The Morgan fingerprint density at radius 2 is 2.64 bits per heavy atom. The number of nitrogens with zero attached hydrogens (tertiary/aromatic N) is 2. The van der Waals surface area contributed by atoms with Crippen LogP contribution in [0.4, 0.5) is 0 Å². The number of aryl methyl sites for hydroxylation is 1. The van der Waals surface area contributed by atoms with E-state index in [0.717, 1.165) is 5.69 Å². The molecular formula is C7H10N4. The summed E-state index contributed by atoms with van der Waals surface area (Å²) in [5.74, 6) is 7.71.